The lowest BCUT2D eigenvalue weighted by Crippen LogP contribution is -2.26. The van der Waals surface area contributed by atoms with Gasteiger partial charge < -0.3 is 5.32 Å². The zero-order valence-electron chi connectivity index (χ0n) is 16.9. The molecule has 3 rings (SSSR count). The SMILES string of the molecule is Cc1ccc(S(=O)(=O)Nc2ccc(C(=O)NC(C)c3ccccc3)cc2)cc1[N+](=O)[O-]. The molecular formula is C22H21N3O5S. The Morgan fingerprint density at radius 3 is 2.26 bits per heavy atom. The van der Waals surface area contributed by atoms with Crippen LogP contribution in [-0.2, 0) is 10.0 Å². The van der Waals surface area contributed by atoms with Gasteiger partial charge in [-0.15, -0.1) is 0 Å². The van der Waals surface area contributed by atoms with Crippen molar-refractivity contribution in [2.75, 3.05) is 4.72 Å². The fraction of sp³-hybridized carbons (Fsp3) is 0.136. The van der Waals surface area contributed by atoms with E-state index >= 15 is 0 Å². The van der Waals surface area contributed by atoms with Gasteiger partial charge in [-0.25, -0.2) is 8.42 Å². The van der Waals surface area contributed by atoms with Crippen molar-refractivity contribution in [2.45, 2.75) is 24.8 Å². The van der Waals surface area contributed by atoms with Crippen LogP contribution in [0, 0.1) is 17.0 Å². The van der Waals surface area contributed by atoms with Gasteiger partial charge in [-0.05, 0) is 49.7 Å². The van der Waals surface area contributed by atoms with E-state index in [2.05, 4.69) is 10.0 Å². The maximum atomic E-state index is 12.6. The Morgan fingerprint density at radius 1 is 1.00 bits per heavy atom. The fourth-order valence-corrected chi connectivity index (χ4v) is 4.04. The summed E-state index contributed by atoms with van der Waals surface area (Å²) in [6, 6.07) is 18.9. The van der Waals surface area contributed by atoms with Crippen molar-refractivity contribution in [3.8, 4) is 0 Å². The predicted molar refractivity (Wildman–Crippen MR) is 117 cm³/mol. The van der Waals surface area contributed by atoms with Crippen LogP contribution in [0.4, 0.5) is 11.4 Å². The molecule has 3 aromatic carbocycles. The maximum absolute atomic E-state index is 12.6. The molecular weight excluding hydrogens is 418 g/mol. The van der Waals surface area contributed by atoms with Crippen LogP contribution in [0.25, 0.3) is 0 Å². The minimum Gasteiger partial charge on any atom is -0.346 e. The fourth-order valence-electron chi connectivity index (χ4n) is 2.96. The Labute approximate surface area is 180 Å². The number of carbonyl (C=O) groups is 1. The lowest BCUT2D eigenvalue weighted by molar-refractivity contribution is -0.385. The molecule has 1 amide bonds. The smallest absolute Gasteiger partial charge is 0.273 e. The maximum Gasteiger partial charge on any atom is 0.273 e. The lowest BCUT2D eigenvalue weighted by Gasteiger charge is -2.14. The highest BCUT2D eigenvalue weighted by molar-refractivity contribution is 7.92. The molecule has 0 aliphatic heterocycles. The van der Waals surface area contributed by atoms with E-state index in [9.17, 15) is 23.3 Å². The van der Waals surface area contributed by atoms with E-state index in [1.54, 1.807) is 0 Å². The molecule has 8 nitrogen and oxygen atoms in total. The molecule has 0 radical (unpaired) electrons. The van der Waals surface area contributed by atoms with Crippen LogP contribution >= 0.6 is 0 Å². The highest BCUT2D eigenvalue weighted by Crippen LogP contribution is 2.24. The number of hydrogen-bond donors (Lipinski definition) is 2. The third-order valence-corrected chi connectivity index (χ3v) is 6.11. The van der Waals surface area contributed by atoms with E-state index in [1.807, 2.05) is 37.3 Å². The summed E-state index contributed by atoms with van der Waals surface area (Å²) in [5.74, 6) is -0.292. The van der Waals surface area contributed by atoms with Crippen LogP contribution in [0.2, 0.25) is 0 Å². The molecule has 160 valence electrons. The first-order valence-electron chi connectivity index (χ1n) is 9.41. The highest BCUT2D eigenvalue weighted by Gasteiger charge is 2.20. The monoisotopic (exact) mass is 439 g/mol. The number of aryl methyl sites for hydroxylation is 1. The largest absolute Gasteiger partial charge is 0.346 e. The minimum absolute atomic E-state index is 0.191. The van der Waals surface area contributed by atoms with E-state index in [-0.39, 0.29) is 28.2 Å². The van der Waals surface area contributed by atoms with Crippen molar-refractivity contribution in [3.05, 3.63) is 99.6 Å². The van der Waals surface area contributed by atoms with Crippen molar-refractivity contribution in [1.29, 1.82) is 0 Å². The van der Waals surface area contributed by atoms with Crippen molar-refractivity contribution < 1.29 is 18.1 Å². The topological polar surface area (TPSA) is 118 Å². The van der Waals surface area contributed by atoms with E-state index in [4.69, 9.17) is 0 Å². The van der Waals surface area contributed by atoms with Crippen molar-refractivity contribution in [3.63, 3.8) is 0 Å². The third kappa shape index (κ3) is 5.26. The standard InChI is InChI=1S/C22H21N3O5S/c1-15-8-13-20(14-21(15)25(27)28)31(29,30)24-19-11-9-18(10-12-19)22(26)23-16(2)17-6-4-3-5-7-17/h3-14,16,24H,1-2H3,(H,23,26). The highest BCUT2D eigenvalue weighted by atomic mass is 32.2. The molecule has 1 atom stereocenters. The average Bonchev–Trinajstić information content (AvgIpc) is 2.74. The Balaban J connectivity index is 1.72. The normalized spacial score (nSPS) is 12.1. The Bertz CT molecular complexity index is 1210. The zero-order chi connectivity index (χ0) is 22.6. The zero-order valence-corrected chi connectivity index (χ0v) is 17.7. The number of benzene rings is 3. The molecule has 2 N–H and O–H groups in total. The molecule has 0 saturated carbocycles. The van der Waals surface area contributed by atoms with Crippen LogP contribution in [0.3, 0.4) is 0 Å². The molecule has 0 saturated heterocycles. The number of nitro groups is 1. The summed E-state index contributed by atoms with van der Waals surface area (Å²) in [7, 11) is -4.03. The number of anilines is 1. The molecule has 0 aliphatic rings. The van der Waals surface area contributed by atoms with Crippen LogP contribution in [0.15, 0.2) is 77.7 Å². The van der Waals surface area contributed by atoms with Gasteiger partial charge in [-0.1, -0.05) is 36.4 Å². The van der Waals surface area contributed by atoms with E-state index in [1.165, 1.54) is 43.3 Å². The van der Waals surface area contributed by atoms with Crippen molar-refractivity contribution in [1.82, 2.24) is 5.32 Å². The molecule has 3 aromatic rings. The number of nitrogens with one attached hydrogen (secondary N) is 2. The van der Waals surface area contributed by atoms with Gasteiger partial charge in [0.2, 0.25) is 0 Å². The van der Waals surface area contributed by atoms with Gasteiger partial charge in [0.05, 0.1) is 15.9 Å². The molecule has 0 bridgehead atoms. The van der Waals surface area contributed by atoms with Gasteiger partial charge in [0.15, 0.2) is 0 Å². The number of sulfonamides is 1. The molecule has 9 heteroatoms. The third-order valence-electron chi connectivity index (χ3n) is 4.73. The second-order valence-electron chi connectivity index (χ2n) is 6.99. The van der Waals surface area contributed by atoms with Gasteiger partial charge in [0.25, 0.3) is 21.6 Å². The molecule has 0 aliphatic carbocycles. The van der Waals surface area contributed by atoms with Gasteiger partial charge >= 0.3 is 0 Å². The first-order valence-corrected chi connectivity index (χ1v) is 10.9. The molecule has 0 spiro atoms. The number of rotatable bonds is 7. The number of hydrogen-bond acceptors (Lipinski definition) is 5. The molecule has 31 heavy (non-hydrogen) atoms. The molecule has 1 unspecified atom stereocenters. The summed E-state index contributed by atoms with van der Waals surface area (Å²) in [6.45, 7) is 3.40. The van der Waals surface area contributed by atoms with Crippen LogP contribution < -0.4 is 10.0 Å². The first-order chi connectivity index (χ1) is 14.7. The van der Waals surface area contributed by atoms with E-state index in [0.717, 1.165) is 11.6 Å². The Kier molecular flexibility index (Phi) is 6.36. The molecule has 0 aromatic heterocycles. The lowest BCUT2D eigenvalue weighted by atomic mass is 10.1. The molecule has 0 heterocycles. The van der Waals surface area contributed by atoms with E-state index < -0.39 is 14.9 Å². The van der Waals surface area contributed by atoms with Gasteiger partial charge in [-0.3, -0.25) is 19.6 Å². The van der Waals surface area contributed by atoms with Crippen molar-refractivity contribution in [2.24, 2.45) is 0 Å². The number of carbonyl (C=O) groups excluding carboxylic acids is 1. The van der Waals surface area contributed by atoms with Crippen LogP contribution in [0.1, 0.15) is 34.5 Å². The number of nitrogens with zero attached hydrogens (tertiary/aromatic N) is 1. The summed E-state index contributed by atoms with van der Waals surface area (Å²) in [5, 5.41) is 14.0. The Morgan fingerprint density at radius 2 is 1.65 bits per heavy atom. The van der Waals surface area contributed by atoms with E-state index in [0.29, 0.717) is 11.1 Å². The van der Waals surface area contributed by atoms with Crippen LogP contribution in [-0.4, -0.2) is 19.2 Å². The number of nitro benzene ring substituents is 1. The predicted octanol–water partition coefficient (Wildman–Crippen LogP) is 4.20. The summed E-state index contributed by atoms with van der Waals surface area (Å²) in [5.41, 5.74) is 1.66. The average molecular weight is 439 g/mol. The van der Waals surface area contributed by atoms with Gasteiger partial charge in [-0.2, -0.15) is 0 Å². The molecule has 0 fully saturated rings. The number of amides is 1. The summed E-state index contributed by atoms with van der Waals surface area (Å²) >= 11 is 0. The Hall–Kier alpha value is -3.72. The summed E-state index contributed by atoms with van der Waals surface area (Å²) in [4.78, 5) is 22.7. The minimum atomic E-state index is -4.03. The second-order valence-corrected chi connectivity index (χ2v) is 8.68. The van der Waals surface area contributed by atoms with Gasteiger partial charge in [0.1, 0.15) is 0 Å². The van der Waals surface area contributed by atoms with Crippen LogP contribution in [0.5, 0.6) is 0 Å². The first kappa shape index (κ1) is 22.0. The summed E-state index contributed by atoms with van der Waals surface area (Å²) in [6.07, 6.45) is 0. The summed E-state index contributed by atoms with van der Waals surface area (Å²) < 4.78 is 27.6. The second kappa shape index (κ2) is 8.97. The van der Waals surface area contributed by atoms with Gasteiger partial charge in [0, 0.05) is 22.9 Å². The quantitative estimate of drug-likeness (QED) is 0.423. The van der Waals surface area contributed by atoms with Crippen molar-refractivity contribution >= 4 is 27.3 Å².